The van der Waals surface area contributed by atoms with Crippen LogP contribution in [-0.2, 0) is 32.7 Å². The SMILES string of the molecule is CC(C)n1ccc2cc[c-]cc21.[Y]. The molecule has 0 amide bonds. The largest absolute Gasteiger partial charge is 0.398 e. The van der Waals surface area contributed by atoms with Gasteiger partial charge in [-0.25, -0.2) is 0 Å². The van der Waals surface area contributed by atoms with Gasteiger partial charge in [-0.2, -0.15) is 24.3 Å². The molecule has 1 heterocycles. The molecule has 0 aliphatic rings. The molecule has 0 atom stereocenters. The second-order valence-electron chi connectivity index (χ2n) is 3.30. The number of rotatable bonds is 1. The summed E-state index contributed by atoms with van der Waals surface area (Å²) in [6, 6.07) is 11.8. The fourth-order valence-corrected chi connectivity index (χ4v) is 1.49. The summed E-state index contributed by atoms with van der Waals surface area (Å²) in [6.45, 7) is 4.37. The van der Waals surface area contributed by atoms with Crippen LogP contribution in [-0.4, -0.2) is 4.57 Å². The number of fused-ring (bicyclic) bond motifs is 1. The first-order chi connectivity index (χ1) is 5.79. The van der Waals surface area contributed by atoms with Crippen LogP contribution >= 0.6 is 0 Å². The monoisotopic (exact) mass is 247 g/mol. The molecule has 2 heteroatoms. The van der Waals surface area contributed by atoms with Crippen LogP contribution in [0, 0.1) is 6.07 Å². The van der Waals surface area contributed by atoms with Gasteiger partial charge in [0, 0.05) is 38.8 Å². The predicted molar refractivity (Wildman–Crippen MR) is 51.2 cm³/mol. The molecule has 0 unspecified atom stereocenters. The summed E-state index contributed by atoms with van der Waals surface area (Å²) >= 11 is 0. The van der Waals surface area contributed by atoms with Crippen molar-refractivity contribution in [3.05, 3.63) is 36.5 Å². The Morgan fingerprint density at radius 2 is 2.08 bits per heavy atom. The van der Waals surface area contributed by atoms with Crippen LogP contribution in [0.2, 0.25) is 0 Å². The molecule has 0 aliphatic carbocycles. The van der Waals surface area contributed by atoms with E-state index in [0.717, 1.165) is 0 Å². The maximum Gasteiger partial charge on any atom is 0.0160 e. The van der Waals surface area contributed by atoms with Crippen LogP contribution in [0.4, 0.5) is 0 Å². The zero-order valence-electron chi connectivity index (χ0n) is 7.99. The molecule has 0 saturated heterocycles. The minimum absolute atomic E-state index is 0. The molecule has 0 spiro atoms. The second kappa shape index (κ2) is 4.39. The van der Waals surface area contributed by atoms with E-state index < -0.39 is 0 Å². The third-order valence-corrected chi connectivity index (χ3v) is 2.12. The maximum atomic E-state index is 3.10. The van der Waals surface area contributed by atoms with E-state index in [1.54, 1.807) is 0 Å². The first kappa shape index (κ1) is 10.9. The Bertz CT molecular complexity index is 390. The maximum absolute atomic E-state index is 3.10. The quantitative estimate of drug-likeness (QED) is 0.682. The van der Waals surface area contributed by atoms with E-state index >= 15 is 0 Å². The summed E-state index contributed by atoms with van der Waals surface area (Å²) < 4.78 is 2.26. The number of aromatic nitrogens is 1. The van der Waals surface area contributed by atoms with Gasteiger partial charge >= 0.3 is 0 Å². The fourth-order valence-electron chi connectivity index (χ4n) is 1.49. The molecule has 0 bridgehead atoms. The molecule has 0 aliphatic heterocycles. The van der Waals surface area contributed by atoms with Crippen molar-refractivity contribution in [3.8, 4) is 0 Å². The van der Waals surface area contributed by atoms with E-state index in [2.05, 4.69) is 42.8 Å². The average Bonchev–Trinajstić information content (AvgIpc) is 2.47. The van der Waals surface area contributed by atoms with Crippen molar-refractivity contribution in [3.63, 3.8) is 0 Å². The fraction of sp³-hybridized carbons (Fsp3) is 0.273. The van der Waals surface area contributed by atoms with Gasteiger partial charge < -0.3 is 4.57 Å². The standard InChI is InChI=1S/C11H12N.Y/c1-9(2)12-8-7-10-5-3-4-6-11(10)12;/h3,5-9H,1-2H3;/q-1;. The molecule has 0 saturated carbocycles. The van der Waals surface area contributed by atoms with Gasteiger partial charge in [0.2, 0.25) is 0 Å². The van der Waals surface area contributed by atoms with Gasteiger partial charge in [0.25, 0.3) is 0 Å². The third kappa shape index (κ3) is 2.03. The van der Waals surface area contributed by atoms with Crippen molar-refractivity contribution in [1.82, 2.24) is 4.57 Å². The van der Waals surface area contributed by atoms with Gasteiger partial charge in [-0.1, -0.05) is 11.6 Å². The van der Waals surface area contributed by atoms with E-state index in [9.17, 15) is 0 Å². The van der Waals surface area contributed by atoms with Gasteiger partial charge in [-0.05, 0) is 20.0 Å². The summed E-state index contributed by atoms with van der Waals surface area (Å²) in [4.78, 5) is 0. The molecule has 65 valence electrons. The zero-order valence-corrected chi connectivity index (χ0v) is 10.8. The number of hydrogen-bond donors (Lipinski definition) is 0. The van der Waals surface area contributed by atoms with Crippen molar-refractivity contribution in [2.75, 3.05) is 0 Å². The summed E-state index contributed by atoms with van der Waals surface area (Å²) in [6.07, 6.45) is 2.13. The minimum atomic E-state index is 0. The predicted octanol–water partition coefficient (Wildman–Crippen LogP) is 3.02. The number of nitrogens with zero attached hydrogens (tertiary/aromatic N) is 1. The van der Waals surface area contributed by atoms with Crippen LogP contribution < -0.4 is 0 Å². The Labute approximate surface area is 104 Å². The van der Waals surface area contributed by atoms with Crippen LogP contribution in [0.3, 0.4) is 0 Å². The van der Waals surface area contributed by atoms with Crippen LogP contribution in [0.15, 0.2) is 30.5 Å². The summed E-state index contributed by atoms with van der Waals surface area (Å²) in [5.41, 5.74) is 1.27. The van der Waals surface area contributed by atoms with Gasteiger partial charge in [0.15, 0.2) is 0 Å². The Morgan fingerprint density at radius 3 is 2.77 bits per heavy atom. The van der Waals surface area contributed by atoms with Gasteiger partial charge in [-0.3, -0.25) is 0 Å². The molecule has 1 aromatic heterocycles. The molecule has 1 radical (unpaired) electrons. The zero-order chi connectivity index (χ0) is 8.55. The second-order valence-corrected chi connectivity index (χ2v) is 3.30. The van der Waals surface area contributed by atoms with Crippen molar-refractivity contribution in [2.45, 2.75) is 19.9 Å². The Morgan fingerprint density at radius 1 is 1.31 bits per heavy atom. The van der Waals surface area contributed by atoms with Crippen molar-refractivity contribution < 1.29 is 32.7 Å². The Kier molecular flexibility index (Phi) is 3.69. The molecule has 2 aromatic rings. The average molecular weight is 247 g/mol. The molecule has 0 fully saturated rings. The summed E-state index contributed by atoms with van der Waals surface area (Å²) in [5.74, 6) is 0. The van der Waals surface area contributed by atoms with Crippen LogP contribution in [0.25, 0.3) is 10.9 Å². The van der Waals surface area contributed by atoms with Gasteiger partial charge in [0.1, 0.15) is 0 Å². The molecular formula is C11H12NY-. The van der Waals surface area contributed by atoms with Crippen molar-refractivity contribution in [2.24, 2.45) is 0 Å². The molecule has 0 N–H and O–H groups in total. The smallest absolute Gasteiger partial charge is 0.0160 e. The first-order valence-corrected chi connectivity index (χ1v) is 4.25. The van der Waals surface area contributed by atoms with E-state index in [-0.39, 0.29) is 32.7 Å². The van der Waals surface area contributed by atoms with E-state index in [1.807, 2.05) is 12.1 Å². The van der Waals surface area contributed by atoms with E-state index in [1.165, 1.54) is 10.9 Å². The first-order valence-electron chi connectivity index (χ1n) is 4.25. The normalized spacial score (nSPS) is 10.4. The number of hydrogen-bond acceptors (Lipinski definition) is 0. The minimum Gasteiger partial charge on any atom is -0.398 e. The third-order valence-electron chi connectivity index (χ3n) is 2.12. The van der Waals surface area contributed by atoms with Gasteiger partial charge in [-0.15, -0.1) is 5.39 Å². The molecule has 13 heavy (non-hydrogen) atoms. The van der Waals surface area contributed by atoms with Gasteiger partial charge in [0.05, 0.1) is 0 Å². The molecular weight excluding hydrogens is 235 g/mol. The summed E-state index contributed by atoms with van der Waals surface area (Å²) in [5, 5.41) is 1.29. The molecule has 1 nitrogen and oxygen atoms in total. The van der Waals surface area contributed by atoms with Crippen LogP contribution in [0.1, 0.15) is 19.9 Å². The molecule has 2 rings (SSSR count). The van der Waals surface area contributed by atoms with E-state index in [0.29, 0.717) is 6.04 Å². The number of benzene rings is 1. The van der Waals surface area contributed by atoms with Crippen LogP contribution in [0.5, 0.6) is 0 Å². The topological polar surface area (TPSA) is 4.93 Å². The van der Waals surface area contributed by atoms with Crippen molar-refractivity contribution >= 4 is 10.9 Å². The summed E-state index contributed by atoms with van der Waals surface area (Å²) in [7, 11) is 0. The Balaban J connectivity index is 0.000000845. The van der Waals surface area contributed by atoms with Crippen molar-refractivity contribution in [1.29, 1.82) is 0 Å². The molecule has 1 aromatic carbocycles. The van der Waals surface area contributed by atoms with E-state index in [4.69, 9.17) is 0 Å². The Hall–Kier alpha value is -0.136.